The van der Waals surface area contributed by atoms with E-state index in [1.807, 2.05) is 91.8 Å². The Labute approximate surface area is 212 Å². The van der Waals surface area contributed by atoms with Crippen molar-refractivity contribution in [2.24, 2.45) is 0 Å². The van der Waals surface area contributed by atoms with Crippen LogP contribution in [0, 0.1) is 0 Å². The second-order valence-electron chi connectivity index (χ2n) is 9.49. The van der Waals surface area contributed by atoms with Crippen LogP contribution in [0.15, 0.2) is 78.9 Å². The van der Waals surface area contributed by atoms with Gasteiger partial charge in [-0.3, -0.25) is 0 Å². The lowest BCUT2D eigenvalue weighted by atomic mass is 9.91. The van der Waals surface area contributed by atoms with E-state index in [1.54, 1.807) is 0 Å². The van der Waals surface area contributed by atoms with E-state index in [1.165, 1.54) is 0 Å². The van der Waals surface area contributed by atoms with Crippen LogP contribution in [0.4, 0.5) is 22.2 Å². The number of urea groups is 1. The van der Waals surface area contributed by atoms with Crippen molar-refractivity contribution in [3.63, 3.8) is 0 Å². The molecule has 0 atom stereocenters. The number of aromatic nitrogens is 2. The minimum Gasteiger partial charge on any atom is -0.362 e. The van der Waals surface area contributed by atoms with Gasteiger partial charge in [-0.05, 0) is 49.4 Å². The zero-order valence-electron chi connectivity index (χ0n) is 20.7. The Kier molecular flexibility index (Phi) is 6.98. The molecule has 1 aliphatic carbocycles. The van der Waals surface area contributed by atoms with Crippen molar-refractivity contribution in [3.05, 3.63) is 78.9 Å². The molecule has 1 aliphatic rings. The number of nitrogens with one attached hydrogen (secondary N) is 3. The molecule has 0 bridgehead atoms. The summed E-state index contributed by atoms with van der Waals surface area (Å²) in [7, 11) is 4.00. The highest BCUT2D eigenvalue weighted by Crippen LogP contribution is 2.28. The molecule has 4 aromatic rings. The summed E-state index contributed by atoms with van der Waals surface area (Å²) < 4.78 is 0. The summed E-state index contributed by atoms with van der Waals surface area (Å²) in [5.74, 6) is 1.56. The highest BCUT2D eigenvalue weighted by molar-refractivity contribution is 5.94. The molecular formula is C29H32N6O. The van der Waals surface area contributed by atoms with Crippen LogP contribution in [-0.2, 0) is 0 Å². The number of amides is 2. The number of carbonyl (C=O) groups excluding carboxylic acids is 1. The van der Waals surface area contributed by atoms with Gasteiger partial charge in [0.05, 0.1) is 11.2 Å². The topological polar surface area (TPSA) is 82.2 Å². The number of para-hydroxylation sites is 2. The van der Waals surface area contributed by atoms with Crippen molar-refractivity contribution >= 4 is 34.4 Å². The molecule has 1 aromatic heterocycles. The fourth-order valence-electron chi connectivity index (χ4n) is 4.84. The molecule has 1 fully saturated rings. The molecule has 0 saturated heterocycles. The van der Waals surface area contributed by atoms with Gasteiger partial charge in [0.2, 0.25) is 5.95 Å². The van der Waals surface area contributed by atoms with Gasteiger partial charge in [-0.1, -0.05) is 60.7 Å². The molecule has 7 heteroatoms. The van der Waals surface area contributed by atoms with Gasteiger partial charge in [0.1, 0.15) is 5.82 Å². The molecule has 2 amide bonds. The van der Waals surface area contributed by atoms with E-state index in [4.69, 9.17) is 9.97 Å². The number of hydrogen-bond acceptors (Lipinski definition) is 5. The maximum atomic E-state index is 12.8. The normalized spacial score (nSPS) is 17.4. The monoisotopic (exact) mass is 480 g/mol. The first-order valence-corrected chi connectivity index (χ1v) is 12.5. The third-order valence-electron chi connectivity index (χ3n) is 6.66. The van der Waals surface area contributed by atoms with E-state index in [9.17, 15) is 4.79 Å². The third kappa shape index (κ3) is 5.40. The highest BCUT2D eigenvalue weighted by Gasteiger charge is 2.24. The van der Waals surface area contributed by atoms with Crippen LogP contribution >= 0.6 is 0 Å². The Hall–Kier alpha value is -4.13. The Morgan fingerprint density at radius 3 is 2.25 bits per heavy atom. The van der Waals surface area contributed by atoms with Crippen molar-refractivity contribution in [2.45, 2.75) is 37.8 Å². The van der Waals surface area contributed by atoms with Crippen LogP contribution in [0.5, 0.6) is 0 Å². The lowest BCUT2D eigenvalue weighted by Crippen LogP contribution is -2.42. The maximum absolute atomic E-state index is 12.8. The SMILES string of the molecule is CN(C)c1nc(NC2CCC(NC(=O)Nc3ccccc3-c3ccccc3)CC2)nc2ccccc12. The Bertz CT molecular complexity index is 1330. The number of nitrogens with zero attached hydrogens (tertiary/aromatic N) is 3. The minimum atomic E-state index is -0.164. The maximum Gasteiger partial charge on any atom is 0.319 e. The van der Waals surface area contributed by atoms with Gasteiger partial charge in [-0.25, -0.2) is 9.78 Å². The largest absolute Gasteiger partial charge is 0.362 e. The molecular weight excluding hydrogens is 448 g/mol. The average molecular weight is 481 g/mol. The van der Waals surface area contributed by atoms with Crippen molar-refractivity contribution in [1.29, 1.82) is 0 Å². The molecule has 1 heterocycles. The fraction of sp³-hybridized carbons (Fsp3) is 0.276. The summed E-state index contributed by atoms with van der Waals surface area (Å²) in [4.78, 5) is 24.3. The second kappa shape index (κ2) is 10.6. The Balaban J connectivity index is 1.17. The molecule has 184 valence electrons. The molecule has 3 aromatic carbocycles. The molecule has 0 spiro atoms. The fourth-order valence-corrected chi connectivity index (χ4v) is 4.84. The molecule has 5 rings (SSSR count). The standard InChI is InChI=1S/C29H32N6O/c1-35(2)27-24-13-7-9-15-26(24)32-28(34-27)30-21-16-18-22(19-17-21)31-29(36)33-25-14-8-6-12-23(25)20-10-4-3-5-11-20/h3-15,21-22H,16-19H2,1-2H3,(H,30,32,34)(H2,31,33,36). The average Bonchev–Trinajstić information content (AvgIpc) is 2.90. The van der Waals surface area contributed by atoms with E-state index >= 15 is 0 Å². The van der Waals surface area contributed by atoms with Gasteiger partial charge in [0, 0.05) is 37.1 Å². The molecule has 0 aliphatic heterocycles. The summed E-state index contributed by atoms with van der Waals surface area (Å²) >= 11 is 0. The molecule has 7 nitrogen and oxygen atoms in total. The highest BCUT2D eigenvalue weighted by atomic mass is 16.2. The van der Waals surface area contributed by atoms with Gasteiger partial charge >= 0.3 is 6.03 Å². The predicted octanol–water partition coefficient (Wildman–Crippen LogP) is 5.91. The smallest absolute Gasteiger partial charge is 0.319 e. The number of anilines is 3. The number of hydrogen-bond donors (Lipinski definition) is 3. The minimum absolute atomic E-state index is 0.141. The Morgan fingerprint density at radius 1 is 0.806 bits per heavy atom. The Morgan fingerprint density at radius 2 is 1.47 bits per heavy atom. The van der Waals surface area contributed by atoms with Gasteiger partial charge in [0.25, 0.3) is 0 Å². The van der Waals surface area contributed by atoms with Gasteiger partial charge in [-0.2, -0.15) is 4.98 Å². The van der Waals surface area contributed by atoms with Crippen LogP contribution in [-0.4, -0.2) is 42.2 Å². The van der Waals surface area contributed by atoms with E-state index in [0.717, 1.165) is 59.2 Å². The van der Waals surface area contributed by atoms with Crippen molar-refractivity contribution < 1.29 is 4.79 Å². The third-order valence-corrected chi connectivity index (χ3v) is 6.66. The van der Waals surface area contributed by atoms with E-state index < -0.39 is 0 Å². The predicted molar refractivity (Wildman–Crippen MR) is 148 cm³/mol. The lowest BCUT2D eigenvalue weighted by molar-refractivity contribution is 0.243. The van der Waals surface area contributed by atoms with Crippen molar-refractivity contribution in [2.75, 3.05) is 29.6 Å². The summed E-state index contributed by atoms with van der Waals surface area (Å²) in [5, 5.41) is 10.8. The summed E-state index contributed by atoms with van der Waals surface area (Å²) in [6, 6.07) is 26.3. The number of carbonyl (C=O) groups is 1. The molecule has 0 radical (unpaired) electrons. The quantitative estimate of drug-likeness (QED) is 0.320. The van der Waals surface area contributed by atoms with E-state index in [2.05, 4.69) is 22.0 Å². The zero-order chi connectivity index (χ0) is 24.9. The second-order valence-corrected chi connectivity index (χ2v) is 9.49. The lowest BCUT2D eigenvalue weighted by Gasteiger charge is -2.30. The van der Waals surface area contributed by atoms with Crippen molar-refractivity contribution in [1.82, 2.24) is 15.3 Å². The van der Waals surface area contributed by atoms with E-state index in [0.29, 0.717) is 5.95 Å². The summed E-state index contributed by atoms with van der Waals surface area (Å²) in [5.41, 5.74) is 3.82. The van der Waals surface area contributed by atoms with Crippen LogP contribution in [0.25, 0.3) is 22.0 Å². The van der Waals surface area contributed by atoms with Crippen molar-refractivity contribution in [3.8, 4) is 11.1 Å². The number of rotatable bonds is 6. The number of benzene rings is 3. The van der Waals surface area contributed by atoms with Crippen LogP contribution < -0.4 is 20.9 Å². The molecule has 1 saturated carbocycles. The summed E-state index contributed by atoms with van der Waals surface area (Å²) in [6.45, 7) is 0. The van der Waals surface area contributed by atoms with Crippen LogP contribution in [0.1, 0.15) is 25.7 Å². The van der Waals surface area contributed by atoms with Gasteiger partial charge in [-0.15, -0.1) is 0 Å². The van der Waals surface area contributed by atoms with Gasteiger partial charge < -0.3 is 20.9 Å². The summed E-state index contributed by atoms with van der Waals surface area (Å²) in [6.07, 6.45) is 3.69. The van der Waals surface area contributed by atoms with Crippen LogP contribution in [0.3, 0.4) is 0 Å². The number of fused-ring (bicyclic) bond motifs is 1. The van der Waals surface area contributed by atoms with Crippen LogP contribution in [0.2, 0.25) is 0 Å². The molecule has 0 unspecified atom stereocenters. The first kappa shape index (κ1) is 23.6. The van der Waals surface area contributed by atoms with E-state index in [-0.39, 0.29) is 18.1 Å². The zero-order valence-corrected chi connectivity index (χ0v) is 20.7. The van der Waals surface area contributed by atoms with Gasteiger partial charge in [0.15, 0.2) is 0 Å². The molecule has 36 heavy (non-hydrogen) atoms. The first-order valence-electron chi connectivity index (χ1n) is 12.5. The molecule has 3 N–H and O–H groups in total. The first-order chi connectivity index (χ1) is 17.6.